The second-order valence-electron chi connectivity index (χ2n) is 6.81. The molecule has 16 heavy (non-hydrogen) atoms. The summed E-state index contributed by atoms with van der Waals surface area (Å²) in [5, 5.41) is 3.44. The Hall–Kier alpha value is 0.250. The minimum Gasteiger partial charge on any atom is -0.317 e. The molecule has 1 unspecified atom stereocenters. The molecule has 4 fully saturated rings. The standard InChI is InChI=1S/C14H25N.ClH/c1-10(15-2)6-14-7-11-3-12(8-14)5-13(4-11)9-14;/h10-13,15H,3-9H2,1-2H3;1H. The van der Waals surface area contributed by atoms with Crippen LogP contribution in [0.1, 0.15) is 51.9 Å². The molecule has 0 aromatic carbocycles. The van der Waals surface area contributed by atoms with E-state index in [9.17, 15) is 0 Å². The molecule has 4 rings (SSSR count). The highest BCUT2D eigenvalue weighted by Gasteiger charge is 2.50. The van der Waals surface area contributed by atoms with Gasteiger partial charge in [-0.1, -0.05) is 0 Å². The van der Waals surface area contributed by atoms with Crippen LogP contribution in [-0.2, 0) is 0 Å². The minimum absolute atomic E-state index is 0. The number of halogens is 1. The highest BCUT2D eigenvalue weighted by molar-refractivity contribution is 5.85. The highest BCUT2D eigenvalue weighted by Crippen LogP contribution is 2.61. The maximum Gasteiger partial charge on any atom is 0.00410 e. The van der Waals surface area contributed by atoms with E-state index in [1.807, 2.05) is 0 Å². The average Bonchev–Trinajstić information content (AvgIpc) is 2.14. The van der Waals surface area contributed by atoms with E-state index in [4.69, 9.17) is 0 Å². The summed E-state index contributed by atoms with van der Waals surface area (Å²) in [5.41, 5.74) is 0.761. The first kappa shape index (κ1) is 12.7. The van der Waals surface area contributed by atoms with Gasteiger partial charge in [-0.05, 0) is 82.1 Å². The molecule has 0 spiro atoms. The first-order chi connectivity index (χ1) is 7.19. The van der Waals surface area contributed by atoms with E-state index < -0.39 is 0 Å². The van der Waals surface area contributed by atoms with Gasteiger partial charge in [-0.15, -0.1) is 12.4 Å². The summed E-state index contributed by atoms with van der Waals surface area (Å²) in [6.07, 6.45) is 10.8. The van der Waals surface area contributed by atoms with Crippen LogP contribution in [0.5, 0.6) is 0 Å². The lowest BCUT2D eigenvalue weighted by atomic mass is 9.48. The molecule has 0 aromatic rings. The van der Waals surface area contributed by atoms with Crippen molar-refractivity contribution >= 4 is 12.4 Å². The highest BCUT2D eigenvalue weighted by atomic mass is 35.5. The van der Waals surface area contributed by atoms with E-state index in [2.05, 4.69) is 19.3 Å². The molecule has 0 saturated heterocycles. The molecular weight excluding hydrogens is 218 g/mol. The molecule has 2 heteroatoms. The van der Waals surface area contributed by atoms with Crippen LogP contribution in [0.3, 0.4) is 0 Å². The summed E-state index contributed by atoms with van der Waals surface area (Å²) in [7, 11) is 2.12. The largest absolute Gasteiger partial charge is 0.317 e. The molecule has 4 aliphatic rings. The molecular formula is C14H26ClN. The van der Waals surface area contributed by atoms with E-state index in [0.717, 1.165) is 29.2 Å². The molecule has 0 amide bonds. The van der Waals surface area contributed by atoms with E-state index in [0.29, 0.717) is 0 Å². The Morgan fingerprint density at radius 1 is 1.06 bits per heavy atom. The normalized spacial score (nSPS) is 46.5. The zero-order valence-corrected chi connectivity index (χ0v) is 11.5. The molecule has 4 bridgehead atoms. The second-order valence-corrected chi connectivity index (χ2v) is 6.81. The van der Waals surface area contributed by atoms with Crippen LogP contribution < -0.4 is 5.32 Å². The minimum atomic E-state index is 0. The van der Waals surface area contributed by atoms with E-state index in [1.165, 1.54) is 6.42 Å². The summed E-state index contributed by atoms with van der Waals surface area (Å²) in [6.45, 7) is 2.36. The van der Waals surface area contributed by atoms with Crippen molar-refractivity contribution in [2.75, 3.05) is 7.05 Å². The van der Waals surface area contributed by atoms with Crippen LogP contribution in [-0.4, -0.2) is 13.1 Å². The first-order valence-corrected chi connectivity index (χ1v) is 6.86. The van der Waals surface area contributed by atoms with Gasteiger partial charge in [0.2, 0.25) is 0 Å². The number of rotatable bonds is 3. The Bertz CT molecular complexity index is 216. The van der Waals surface area contributed by atoms with E-state index in [1.54, 1.807) is 38.5 Å². The quantitative estimate of drug-likeness (QED) is 0.799. The SMILES string of the molecule is CNC(C)CC12CC3CC(CC(C3)C1)C2.Cl. The number of hydrogen-bond acceptors (Lipinski definition) is 1. The van der Waals surface area contributed by atoms with E-state index >= 15 is 0 Å². The fourth-order valence-corrected chi connectivity index (χ4v) is 5.29. The van der Waals surface area contributed by atoms with Gasteiger partial charge in [0.1, 0.15) is 0 Å². The lowest BCUT2D eigenvalue weighted by Crippen LogP contribution is -2.48. The van der Waals surface area contributed by atoms with Crippen molar-refractivity contribution in [1.82, 2.24) is 5.32 Å². The average molecular weight is 244 g/mol. The van der Waals surface area contributed by atoms with Crippen LogP contribution in [0.25, 0.3) is 0 Å². The monoisotopic (exact) mass is 243 g/mol. The van der Waals surface area contributed by atoms with Crippen molar-refractivity contribution in [1.29, 1.82) is 0 Å². The van der Waals surface area contributed by atoms with Crippen molar-refractivity contribution < 1.29 is 0 Å². The molecule has 1 N–H and O–H groups in total. The van der Waals surface area contributed by atoms with Crippen LogP contribution in [0.4, 0.5) is 0 Å². The number of hydrogen-bond donors (Lipinski definition) is 1. The predicted octanol–water partition coefficient (Wildman–Crippen LogP) is 3.62. The lowest BCUT2D eigenvalue weighted by molar-refractivity contribution is -0.0608. The van der Waals surface area contributed by atoms with Gasteiger partial charge in [0.05, 0.1) is 0 Å². The molecule has 0 heterocycles. The van der Waals surface area contributed by atoms with Crippen LogP contribution >= 0.6 is 12.4 Å². The third-order valence-corrected chi connectivity index (χ3v) is 5.40. The van der Waals surface area contributed by atoms with E-state index in [-0.39, 0.29) is 12.4 Å². The molecule has 4 saturated carbocycles. The van der Waals surface area contributed by atoms with Gasteiger partial charge in [0, 0.05) is 6.04 Å². The third kappa shape index (κ3) is 2.13. The Morgan fingerprint density at radius 3 is 1.88 bits per heavy atom. The predicted molar refractivity (Wildman–Crippen MR) is 71.0 cm³/mol. The van der Waals surface area contributed by atoms with Crippen molar-refractivity contribution in [3.05, 3.63) is 0 Å². The Morgan fingerprint density at radius 2 is 1.50 bits per heavy atom. The summed E-state index contributed by atoms with van der Waals surface area (Å²) < 4.78 is 0. The van der Waals surface area contributed by atoms with Crippen LogP contribution in [0.15, 0.2) is 0 Å². The lowest BCUT2D eigenvalue weighted by Gasteiger charge is -2.57. The molecule has 1 nitrogen and oxygen atoms in total. The van der Waals surface area contributed by atoms with Gasteiger partial charge < -0.3 is 5.32 Å². The fourth-order valence-electron chi connectivity index (χ4n) is 5.29. The first-order valence-electron chi connectivity index (χ1n) is 6.86. The van der Waals surface area contributed by atoms with Crippen LogP contribution in [0, 0.1) is 23.2 Å². The summed E-state index contributed by atoms with van der Waals surface area (Å²) >= 11 is 0. The van der Waals surface area contributed by atoms with Crippen molar-refractivity contribution in [2.24, 2.45) is 23.2 Å². The Balaban J connectivity index is 0.000000963. The molecule has 0 radical (unpaired) electrons. The Kier molecular flexibility index (Phi) is 3.57. The Labute approximate surface area is 106 Å². The molecule has 4 aliphatic carbocycles. The third-order valence-electron chi connectivity index (χ3n) is 5.40. The van der Waals surface area contributed by atoms with Gasteiger partial charge in [-0.2, -0.15) is 0 Å². The van der Waals surface area contributed by atoms with Gasteiger partial charge in [-0.3, -0.25) is 0 Å². The molecule has 94 valence electrons. The van der Waals surface area contributed by atoms with Crippen molar-refractivity contribution in [2.45, 2.75) is 57.9 Å². The van der Waals surface area contributed by atoms with Gasteiger partial charge in [0.25, 0.3) is 0 Å². The van der Waals surface area contributed by atoms with Crippen molar-refractivity contribution in [3.63, 3.8) is 0 Å². The fraction of sp³-hybridized carbons (Fsp3) is 1.00. The zero-order chi connectivity index (χ0) is 10.5. The van der Waals surface area contributed by atoms with Crippen molar-refractivity contribution in [3.8, 4) is 0 Å². The van der Waals surface area contributed by atoms with Gasteiger partial charge in [-0.25, -0.2) is 0 Å². The topological polar surface area (TPSA) is 12.0 Å². The summed E-state index contributed by atoms with van der Waals surface area (Å²) in [5.74, 6) is 3.33. The second kappa shape index (κ2) is 4.49. The summed E-state index contributed by atoms with van der Waals surface area (Å²) in [4.78, 5) is 0. The molecule has 0 aromatic heterocycles. The van der Waals surface area contributed by atoms with Crippen LogP contribution in [0.2, 0.25) is 0 Å². The summed E-state index contributed by atoms with van der Waals surface area (Å²) in [6, 6.07) is 0.723. The smallest absolute Gasteiger partial charge is 0.00410 e. The maximum atomic E-state index is 3.44. The van der Waals surface area contributed by atoms with Gasteiger partial charge in [0.15, 0.2) is 0 Å². The zero-order valence-electron chi connectivity index (χ0n) is 10.7. The number of nitrogens with one attached hydrogen (secondary N) is 1. The maximum absolute atomic E-state index is 3.44. The molecule has 0 aliphatic heterocycles. The molecule has 1 atom stereocenters. The van der Waals surface area contributed by atoms with Gasteiger partial charge >= 0.3 is 0 Å².